The number of fused-ring (bicyclic) bond motifs is 2. The van der Waals surface area contributed by atoms with Crippen LogP contribution in [0.3, 0.4) is 0 Å². The number of amides is 1. The standard InChI is InChI=1S/C20H27ClN2O3S/c21-18-4-2-1-3-17(18)13-27(25,26)23-9-7-15(8-10-23)20(24)22-19-12-14-5-6-16(19)11-14/h1-4,14-16,19H,5-13H2,(H,22,24)/t14-,16-,19-/m0/s1. The molecule has 0 aromatic heterocycles. The highest BCUT2D eigenvalue weighted by Crippen LogP contribution is 2.44. The van der Waals surface area contributed by atoms with Gasteiger partial charge in [-0.25, -0.2) is 12.7 Å². The zero-order valence-electron chi connectivity index (χ0n) is 15.4. The second kappa shape index (κ2) is 7.72. The molecule has 3 fully saturated rings. The van der Waals surface area contributed by atoms with Gasteiger partial charge in [-0.05, 0) is 55.6 Å². The Morgan fingerprint density at radius 2 is 1.85 bits per heavy atom. The van der Waals surface area contributed by atoms with Crippen molar-refractivity contribution in [3.8, 4) is 0 Å². The van der Waals surface area contributed by atoms with Gasteiger partial charge in [0, 0.05) is 30.1 Å². The predicted molar refractivity (Wildman–Crippen MR) is 106 cm³/mol. The van der Waals surface area contributed by atoms with E-state index in [1.54, 1.807) is 24.3 Å². The molecular weight excluding hydrogens is 384 g/mol. The molecule has 1 saturated heterocycles. The van der Waals surface area contributed by atoms with Crippen molar-refractivity contribution in [2.75, 3.05) is 13.1 Å². The second-order valence-electron chi connectivity index (χ2n) is 8.31. The molecular formula is C20H27ClN2O3S. The van der Waals surface area contributed by atoms with Crippen molar-refractivity contribution >= 4 is 27.5 Å². The Bertz CT molecular complexity index is 805. The molecule has 1 amide bonds. The van der Waals surface area contributed by atoms with Crippen LogP contribution in [0.5, 0.6) is 0 Å². The molecule has 27 heavy (non-hydrogen) atoms. The fraction of sp³-hybridized carbons (Fsp3) is 0.650. The Morgan fingerprint density at radius 3 is 2.48 bits per heavy atom. The van der Waals surface area contributed by atoms with Crippen molar-refractivity contribution in [1.29, 1.82) is 0 Å². The summed E-state index contributed by atoms with van der Waals surface area (Å²) in [5.74, 6) is 1.42. The summed E-state index contributed by atoms with van der Waals surface area (Å²) in [4.78, 5) is 12.6. The maximum absolute atomic E-state index is 12.7. The first-order valence-electron chi connectivity index (χ1n) is 9.94. The van der Waals surface area contributed by atoms with Crippen molar-refractivity contribution in [2.24, 2.45) is 17.8 Å². The summed E-state index contributed by atoms with van der Waals surface area (Å²) in [6, 6.07) is 7.38. The van der Waals surface area contributed by atoms with Crippen LogP contribution in [0.2, 0.25) is 5.02 Å². The number of hydrogen-bond donors (Lipinski definition) is 1. The molecule has 0 radical (unpaired) electrons. The Hall–Kier alpha value is -1.11. The van der Waals surface area contributed by atoms with Gasteiger partial charge in [-0.15, -0.1) is 0 Å². The van der Waals surface area contributed by atoms with Gasteiger partial charge in [0.15, 0.2) is 0 Å². The highest BCUT2D eigenvalue weighted by Gasteiger charge is 2.41. The lowest BCUT2D eigenvalue weighted by Crippen LogP contribution is -2.46. The van der Waals surface area contributed by atoms with Gasteiger partial charge in [0.25, 0.3) is 0 Å². The molecule has 2 saturated carbocycles. The van der Waals surface area contributed by atoms with E-state index in [0.29, 0.717) is 48.5 Å². The van der Waals surface area contributed by atoms with E-state index in [2.05, 4.69) is 5.32 Å². The molecule has 2 aliphatic carbocycles. The first-order chi connectivity index (χ1) is 12.9. The molecule has 3 aliphatic rings. The van der Waals surface area contributed by atoms with E-state index in [-0.39, 0.29) is 17.6 Å². The highest BCUT2D eigenvalue weighted by atomic mass is 35.5. The van der Waals surface area contributed by atoms with Gasteiger partial charge in [-0.2, -0.15) is 0 Å². The number of piperidine rings is 1. The van der Waals surface area contributed by atoms with Crippen LogP contribution in [-0.2, 0) is 20.6 Å². The van der Waals surface area contributed by atoms with E-state index in [1.807, 2.05) is 0 Å². The maximum Gasteiger partial charge on any atom is 0.223 e. The summed E-state index contributed by atoms with van der Waals surface area (Å²) >= 11 is 6.11. The molecule has 3 atom stereocenters. The predicted octanol–water partition coefficient (Wildman–Crippen LogP) is 3.19. The van der Waals surface area contributed by atoms with Crippen LogP contribution in [-0.4, -0.2) is 37.8 Å². The van der Waals surface area contributed by atoms with E-state index in [9.17, 15) is 13.2 Å². The minimum atomic E-state index is -3.42. The number of halogens is 1. The lowest BCUT2D eigenvalue weighted by Gasteiger charge is -2.32. The molecule has 148 valence electrons. The van der Waals surface area contributed by atoms with Gasteiger partial charge in [-0.1, -0.05) is 36.2 Å². The zero-order valence-corrected chi connectivity index (χ0v) is 17.0. The van der Waals surface area contributed by atoms with Crippen LogP contribution in [0.15, 0.2) is 24.3 Å². The van der Waals surface area contributed by atoms with Crippen molar-refractivity contribution in [3.05, 3.63) is 34.9 Å². The van der Waals surface area contributed by atoms with Gasteiger partial charge in [0.1, 0.15) is 0 Å². The first kappa shape index (κ1) is 19.2. The van der Waals surface area contributed by atoms with Gasteiger partial charge >= 0.3 is 0 Å². The van der Waals surface area contributed by atoms with Crippen LogP contribution in [0.4, 0.5) is 0 Å². The Kier molecular flexibility index (Phi) is 5.50. The summed E-state index contributed by atoms with van der Waals surface area (Å²) in [7, 11) is -3.42. The topological polar surface area (TPSA) is 66.5 Å². The summed E-state index contributed by atoms with van der Waals surface area (Å²) in [5, 5.41) is 3.73. The Balaban J connectivity index is 1.30. The van der Waals surface area contributed by atoms with E-state index in [4.69, 9.17) is 11.6 Å². The molecule has 1 N–H and O–H groups in total. The zero-order chi connectivity index (χ0) is 19.0. The molecule has 1 heterocycles. The minimum absolute atomic E-state index is 0.0733. The summed E-state index contributed by atoms with van der Waals surface area (Å²) < 4.78 is 26.9. The lowest BCUT2D eigenvalue weighted by molar-refractivity contribution is -0.127. The largest absolute Gasteiger partial charge is 0.353 e. The van der Waals surface area contributed by atoms with Crippen molar-refractivity contribution < 1.29 is 13.2 Å². The summed E-state index contributed by atoms with van der Waals surface area (Å²) in [5.41, 5.74) is 0.621. The number of hydrogen-bond acceptors (Lipinski definition) is 3. The normalized spacial score (nSPS) is 29.1. The average Bonchev–Trinajstić information content (AvgIpc) is 3.27. The van der Waals surface area contributed by atoms with Crippen molar-refractivity contribution in [3.63, 3.8) is 0 Å². The van der Waals surface area contributed by atoms with E-state index >= 15 is 0 Å². The summed E-state index contributed by atoms with van der Waals surface area (Å²) in [6.07, 6.45) is 6.14. The SMILES string of the molecule is O=C(N[C@H]1C[C@H]2CC[C@H]1C2)C1CCN(S(=O)(=O)Cc2ccccc2Cl)CC1. The van der Waals surface area contributed by atoms with E-state index in [0.717, 1.165) is 12.3 Å². The van der Waals surface area contributed by atoms with E-state index in [1.165, 1.54) is 23.6 Å². The van der Waals surface area contributed by atoms with Gasteiger partial charge in [-0.3, -0.25) is 4.79 Å². The molecule has 1 aliphatic heterocycles. The van der Waals surface area contributed by atoms with Crippen LogP contribution in [0, 0.1) is 17.8 Å². The van der Waals surface area contributed by atoms with Crippen LogP contribution >= 0.6 is 11.6 Å². The van der Waals surface area contributed by atoms with Crippen LogP contribution < -0.4 is 5.32 Å². The number of sulfonamides is 1. The molecule has 5 nitrogen and oxygen atoms in total. The fourth-order valence-corrected chi connectivity index (χ4v) is 6.90. The quantitative estimate of drug-likeness (QED) is 0.810. The number of carbonyl (C=O) groups excluding carboxylic acids is 1. The molecule has 4 rings (SSSR count). The molecule has 2 bridgehead atoms. The molecule has 0 spiro atoms. The maximum atomic E-state index is 12.7. The number of nitrogens with one attached hydrogen (secondary N) is 1. The molecule has 7 heteroatoms. The van der Waals surface area contributed by atoms with E-state index < -0.39 is 10.0 Å². The Labute approximate surface area is 166 Å². The number of rotatable bonds is 5. The highest BCUT2D eigenvalue weighted by molar-refractivity contribution is 7.88. The molecule has 1 aromatic rings. The minimum Gasteiger partial charge on any atom is -0.353 e. The van der Waals surface area contributed by atoms with Gasteiger partial charge in [0.05, 0.1) is 5.75 Å². The van der Waals surface area contributed by atoms with Gasteiger partial charge < -0.3 is 5.32 Å². The number of nitrogens with zero attached hydrogens (tertiary/aromatic N) is 1. The third kappa shape index (κ3) is 4.17. The fourth-order valence-electron chi connectivity index (χ4n) is 5.02. The third-order valence-electron chi connectivity index (χ3n) is 6.58. The smallest absolute Gasteiger partial charge is 0.223 e. The molecule has 0 unspecified atom stereocenters. The molecule has 1 aromatic carbocycles. The monoisotopic (exact) mass is 410 g/mol. The number of carbonyl (C=O) groups is 1. The van der Waals surface area contributed by atoms with Crippen molar-refractivity contribution in [1.82, 2.24) is 9.62 Å². The second-order valence-corrected chi connectivity index (χ2v) is 10.7. The van der Waals surface area contributed by atoms with Crippen molar-refractivity contribution in [2.45, 2.75) is 50.3 Å². The third-order valence-corrected chi connectivity index (χ3v) is 8.78. The van der Waals surface area contributed by atoms with Gasteiger partial charge in [0.2, 0.25) is 15.9 Å². The van der Waals surface area contributed by atoms with Crippen LogP contribution in [0.1, 0.15) is 44.1 Å². The Morgan fingerprint density at radius 1 is 1.11 bits per heavy atom. The first-order valence-corrected chi connectivity index (χ1v) is 11.9. The number of benzene rings is 1. The average molecular weight is 411 g/mol. The lowest BCUT2D eigenvalue weighted by atomic mass is 9.93. The van der Waals surface area contributed by atoms with Crippen LogP contribution in [0.25, 0.3) is 0 Å². The summed E-state index contributed by atoms with van der Waals surface area (Å²) in [6.45, 7) is 0.809.